The molecule has 0 radical (unpaired) electrons. The molecule has 0 aliphatic rings. The molecule has 7 nitrogen and oxygen atoms in total. The van der Waals surface area contributed by atoms with Crippen LogP contribution in [-0.4, -0.2) is 30.4 Å². The largest absolute Gasteiger partial charge is 0.508 e. The summed E-state index contributed by atoms with van der Waals surface area (Å²) < 4.78 is 10.0. The number of phenolic OH excluding ortho intramolecular Hbond substituents is 1. The average Bonchev–Trinajstić information content (AvgIpc) is 2.94. The maximum Gasteiger partial charge on any atom is 0.425 e. The van der Waals surface area contributed by atoms with Crippen LogP contribution in [0, 0.1) is 6.92 Å². The number of benzene rings is 2. The Labute approximate surface area is 154 Å². The number of hydrogen-bond acceptors (Lipinski definition) is 5. The first-order chi connectivity index (χ1) is 12.4. The molecule has 3 rings (SSSR count). The van der Waals surface area contributed by atoms with Crippen LogP contribution in [0.4, 0.5) is 10.5 Å². The van der Waals surface area contributed by atoms with Gasteiger partial charge < -0.3 is 19.6 Å². The highest BCUT2D eigenvalue weighted by Crippen LogP contribution is 2.42. The van der Waals surface area contributed by atoms with Crippen molar-refractivity contribution in [2.24, 2.45) is 0 Å². The van der Waals surface area contributed by atoms with E-state index in [0.29, 0.717) is 16.5 Å². The van der Waals surface area contributed by atoms with Crippen LogP contribution in [0.2, 0.25) is 5.02 Å². The normalized spacial score (nSPS) is 10.6. The first-order valence-electron chi connectivity index (χ1n) is 7.73. The first kappa shape index (κ1) is 17.8. The van der Waals surface area contributed by atoms with E-state index in [9.17, 15) is 9.90 Å². The number of halogens is 1. The van der Waals surface area contributed by atoms with Gasteiger partial charge in [0.15, 0.2) is 0 Å². The molecule has 0 unspecified atom stereocenters. The van der Waals surface area contributed by atoms with Gasteiger partial charge in [-0.05, 0) is 31.2 Å². The molecule has 0 fully saturated rings. The third-order valence-electron chi connectivity index (χ3n) is 4.01. The Morgan fingerprint density at radius 2 is 2.00 bits per heavy atom. The smallest absolute Gasteiger partial charge is 0.425 e. The number of carbonyl (C=O) groups excluding carboxylic acids is 1. The number of rotatable bonds is 4. The average molecular weight is 376 g/mol. The van der Waals surface area contributed by atoms with Crippen LogP contribution in [0.5, 0.6) is 11.5 Å². The van der Waals surface area contributed by atoms with E-state index in [2.05, 4.69) is 20.6 Å². The number of hydrogen-bond donors (Lipinski definition) is 4. The van der Waals surface area contributed by atoms with Gasteiger partial charge >= 0.3 is 6.09 Å². The highest BCUT2D eigenvalue weighted by molar-refractivity contribution is 6.33. The summed E-state index contributed by atoms with van der Waals surface area (Å²) in [6.07, 6.45) is -0.646. The molecular formula is C18H18ClN3O4. The molecule has 0 saturated heterocycles. The molecule has 3 aromatic rings. The number of hydrazine groups is 1. The fourth-order valence-corrected chi connectivity index (χ4v) is 3.06. The highest BCUT2D eigenvalue weighted by atomic mass is 35.5. The number of fused-ring (bicyclic) bond motifs is 1. The number of methoxy groups -OCH3 is 2. The first-order valence-corrected chi connectivity index (χ1v) is 8.11. The summed E-state index contributed by atoms with van der Waals surface area (Å²) in [5.41, 5.74) is 8.94. The van der Waals surface area contributed by atoms with Crippen molar-refractivity contribution in [1.29, 1.82) is 0 Å². The molecule has 0 atom stereocenters. The second-order valence-electron chi connectivity index (χ2n) is 5.63. The van der Waals surface area contributed by atoms with E-state index in [4.69, 9.17) is 16.3 Å². The number of H-pyrrole nitrogens is 1. The minimum Gasteiger partial charge on any atom is -0.508 e. The predicted molar refractivity (Wildman–Crippen MR) is 101 cm³/mol. The van der Waals surface area contributed by atoms with Gasteiger partial charge in [0.2, 0.25) is 0 Å². The second kappa shape index (κ2) is 7.05. The molecule has 26 heavy (non-hydrogen) atoms. The van der Waals surface area contributed by atoms with Crippen LogP contribution in [0.25, 0.3) is 22.0 Å². The molecule has 2 aromatic carbocycles. The topological polar surface area (TPSA) is 95.6 Å². The number of aromatic nitrogens is 1. The third-order valence-corrected chi connectivity index (χ3v) is 4.33. The van der Waals surface area contributed by atoms with E-state index in [1.807, 2.05) is 13.0 Å². The van der Waals surface area contributed by atoms with E-state index in [1.54, 1.807) is 31.4 Å². The van der Waals surface area contributed by atoms with Gasteiger partial charge in [-0.2, -0.15) is 0 Å². The zero-order chi connectivity index (χ0) is 18.8. The Balaban J connectivity index is 2.11. The van der Waals surface area contributed by atoms with Gasteiger partial charge in [0.25, 0.3) is 0 Å². The number of aryl methyl sites for hydroxylation is 1. The summed E-state index contributed by atoms with van der Waals surface area (Å²) in [4.78, 5) is 14.5. The van der Waals surface area contributed by atoms with Crippen LogP contribution in [0.3, 0.4) is 0 Å². The van der Waals surface area contributed by atoms with Gasteiger partial charge in [-0.3, -0.25) is 5.43 Å². The van der Waals surface area contributed by atoms with Gasteiger partial charge in [-0.1, -0.05) is 11.6 Å². The Hall–Kier alpha value is -3.06. The molecule has 8 heteroatoms. The van der Waals surface area contributed by atoms with Crippen molar-refractivity contribution in [3.05, 3.63) is 41.0 Å². The van der Waals surface area contributed by atoms with Gasteiger partial charge in [0.1, 0.15) is 11.5 Å². The van der Waals surface area contributed by atoms with Crippen LogP contribution in [-0.2, 0) is 4.74 Å². The number of carbonyl (C=O) groups is 1. The maximum absolute atomic E-state index is 11.2. The molecule has 4 N–H and O–H groups in total. The molecule has 1 heterocycles. The fraction of sp³-hybridized carbons (Fsp3) is 0.167. The standard InChI is InChI=1S/C18H18ClN3O4/c1-9-17(11-6-10(23)4-5-14(11)20-9)12-7-13(19)15(8-16(12)25-2)21-22-18(24)26-3/h4-8,20-21,23H,1-3H3,(H,22,24). The molecule has 0 aliphatic carbocycles. The Kier molecular flexibility index (Phi) is 4.81. The minimum atomic E-state index is -0.646. The molecule has 0 spiro atoms. The number of aromatic hydroxyl groups is 1. The number of phenols is 1. The summed E-state index contributed by atoms with van der Waals surface area (Å²) >= 11 is 6.37. The number of nitrogens with one attached hydrogen (secondary N) is 3. The SMILES string of the molecule is COC(=O)NNc1cc(OC)c(-c2c(C)[nH]c3ccc(O)cc23)cc1Cl. The lowest BCUT2D eigenvalue weighted by atomic mass is 10.0. The summed E-state index contributed by atoms with van der Waals surface area (Å²) in [5, 5.41) is 11.1. The van der Waals surface area contributed by atoms with E-state index in [0.717, 1.165) is 27.7 Å². The highest BCUT2D eigenvalue weighted by Gasteiger charge is 2.18. The summed E-state index contributed by atoms with van der Waals surface area (Å²) in [6.45, 7) is 1.94. The van der Waals surface area contributed by atoms with Gasteiger partial charge in [0.05, 0.1) is 24.9 Å². The summed E-state index contributed by atoms with van der Waals surface area (Å²) in [6, 6.07) is 8.53. The third kappa shape index (κ3) is 3.21. The van der Waals surface area contributed by atoms with E-state index in [1.165, 1.54) is 7.11 Å². The molecule has 1 aromatic heterocycles. The summed E-state index contributed by atoms with van der Waals surface area (Å²) in [7, 11) is 2.81. The zero-order valence-electron chi connectivity index (χ0n) is 14.4. The Morgan fingerprint density at radius 3 is 2.69 bits per heavy atom. The van der Waals surface area contributed by atoms with E-state index < -0.39 is 6.09 Å². The molecule has 0 bridgehead atoms. The molecular weight excluding hydrogens is 358 g/mol. The summed E-state index contributed by atoms with van der Waals surface area (Å²) in [5.74, 6) is 0.722. The predicted octanol–water partition coefficient (Wildman–Crippen LogP) is 4.19. The number of amides is 1. The lowest BCUT2D eigenvalue weighted by molar-refractivity contribution is 0.173. The quantitative estimate of drug-likeness (QED) is 0.513. The fourth-order valence-electron chi connectivity index (χ4n) is 2.84. The van der Waals surface area contributed by atoms with Crippen molar-refractivity contribution in [3.8, 4) is 22.6 Å². The Bertz CT molecular complexity index is 984. The number of ether oxygens (including phenoxy) is 2. The maximum atomic E-state index is 11.2. The van der Waals surface area contributed by atoms with Crippen molar-refractivity contribution in [3.63, 3.8) is 0 Å². The van der Waals surface area contributed by atoms with Crippen molar-refractivity contribution in [1.82, 2.24) is 10.4 Å². The van der Waals surface area contributed by atoms with E-state index >= 15 is 0 Å². The minimum absolute atomic E-state index is 0.170. The van der Waals surface area contributed by atoms with E-state index in [-0.39, 0.29) is 5.75 Å². The van der Waals surface area contributed by atoms with Crippen LogP contribution >= 0.6 is 11.6 Å². The van der Waals surface area contributed by atoms with Crippen LogP contribution < -0.4 is 15.6 Å². The second-order valence-corrected chi connectivity index (χ2v) is 6.04. The molecule has 1 amide bonds. The molecule has 0 aliphatic heterocycles. The monoisotopic (exact) mass is 375 g/mol. The zero-order valence-corrected chi connectivity index (χ0v) is 15.2. The lowest BCUT2D eigenvalue weighted by Crippen LogP contribution is -2.29. The van der Waals surface area contributed by atoms with Gasteiger partial charge in [-0.25, -0.2) is 10.2 Å². The molecule has 0 saturated carbocycles. The van der Waals surface area contributed by atoms with Crippen molar-refractivity contribution < 1.29 is 19.4 Å². The van der Waals surface area contributed by atoms with Crippen molar-refractivity contribution >= 4 is 34.3 Å². The number of aromatic amines is 1. The lowest BCUT2D eigenvalue weighted by Gasteiger charge is -2.15. The molecule has 136 valence electrons. The van der Waals surface area contributed by atoms with Crippen LogP contribution in [0.15, 0.2) is 30.3 Å². The number of anilines is 1. The van der Waals surface area contributed by atoms with Gasteiger partial charge in [-0.15, -0.1) is 0 Å². The van der Waals surface area contributed by atoms with Crippen LogP contribution in [0.1, 0.15) is 5.69 Å². The Morgan fingerprint density at radius 1 is 1.23 bits per heavy atom. The van der Waals surface area contributed by atoms with Crippen molar-refractivity contribution in [2.75, 3.05) is 19.6 Å². The van der Waals surface area contributed by atoms with Gasteiger partial charge in [0, 0.05) is 33.8 Å². The van der Waals surface area contributed by atoms with Crippen molar-refractivity contribution in [2.45, 2.75) is 6.92 Å².